The molecule has 0 aromatic heterocycles. The van der Waals surface area contributed by atoms with E-state index in [2.05, 4.69) is 10.0 Å². The number of unbranched alkanes of at least 4 members (excludes halogenated alkanes) is 1. The predicted octanol–water partition coefficient (Wildman–Crippen LogP) is 1.57. The fraction of sp³-hybridized carbons (Fsp3) is 0.300. The van der Waals surface area contributed by atoms with Crippen LogP contribution in [0.5, 0.6) is 5.75 Å². The van der Waals surface area contributed by atoms with Crippen molar-refractivity contribution in [1.82, 2.24) is 10.0 Å². The van der Waals surface area contributed by atoms with Crippen LogP contribution < -0.4 is 20.5 Å². The number of nitrogens with one attached hydrogen (secondary N) is 2. The second-order valence-corrected chi connectivity index (χ2v) is 8.25. The fourth-order valence-corrected chi connectivity index (χ4v) is 3.67. The molecule has 0 heterocycles. The summed E-state index contributed by atoms with van der Waals surface area (Å²) in [6.45, 7) is 2.19. The summed E-state index contributed by atoms with van der Waals surface area (Å²) in [7, 11) is -3.93. The van der Waals surface area contributed by atoms with Crippen LogP contribution >= 0.6 is 0 Å². The third-order valence-electron chi connectivity index (χ3n) is 4.13. The van der Waals surface area contributed by atoms with Gasteiger partial charge < -0.3 is 15.8 Å². The summed E-state index contributed by atoms with van der Waals surface area (Å²) < 4.78 is 45.3. The Bertz CT molecular complexity index is 963. The van der Waals surface area contributed by atoms with Crippen molar-refractivity contribution >= 4 is 21.8 Å². The molecule has 1 atom stereocenters. The van der Waals surface area contributed by atoms with Crippen molar-refractivity contribution in [1.29, 1.82) is 0 Å². The molecular formula is C20H24FN3O5S. The van der Waals surface area contributed by atoms with Crippen molar-refractivity contribution < 1.29 is 27.1 Å². The maximum absolute atomic E-state index is 12.8. The minimum Gasteiger partial charge on any atom is -0.494 e. The van der Waals surface area contributed by atoms with E-state index in [4.69, 9.17) is 10.5 Å². The van der Waals surface area contributed by atoms with Crippen LogP contribution in [0.1, 0.15) is 30.1 Å². The van der Waals surface area contributed by atoms with Gasteiger partial charge in [-0.15, -0.1) is 0 Å². The Morgan fingerprint density at radius 2 is 1.70 bits per heavy atom. The van der Waals surface area contributed by atoms with Gasteiger partial charge in [0.05, 0.1) is 17.5 Å². The zero-order chi connectivity index (χ0) is 22.1. The normalized spacial score (nSPS) is 12.2. The van der Waals surface area contributed by atoms with Gasteiger partial charge in [0.15, 0.2) is 0 Å². The third kappa shape index (κ3) is 7.12. The summed E-state index contributed by atoms with van der Waals surface area (Å²) in [6.07, 6.45) is 1.28. The van der Waals surface area contributed by atoms with Crippen molar-refractivity contribution in [3.63, 3.8) is 0 Å². The number of sulfonamides is 1. The molecule has 0 bridgehead atoms. The average Bonchev–Trinajstić information content (AvgIpc) is 2.71. The number of nitrogens with two attached hydrogens (primary N) is 1. The number of ether oxygens (including phenoxy) is 1. The minimum absolute atomic E-state index is 0.0786. The lowest BCUT2D eigenvalue weighted by Gasteiger charge is -2.14. The van der Waals surface area contributed by atoms with E-state index in [9.17, 15) is 22.4 Å². The molecule has 0 radical (unpaired) electrons. The molecule has 4 N–H and O–H groups in total. The van der Waals surface area contributed by atoms with Gasteiger partial charge in [-0.2, -0.15) is 4.72 Å². The molecule has 0 spiro atoms. The lowest BCUT2D eigenvalue weighted by molar-refractivity contribution is -0.122. The first-order chi connectivity index (χ1) is 14.2. The van der Waals surface area contributed by atoms with Gasteiger partial charge in [0.2, 0.25) is 21.8 Å². The molecule has 162 valence electrons. The quantitative estimate of drug-likeness (QED) is 0.460. The second kappa shape index (κ2) is 10.7. The maximum Gasteiger partial charge on any atom is 0.248 e. The van der Waals surface area contributed by atoms with Crippen LogP contribution in [0.25, 0.3) is 0 Å². The maximum atomic E-state index is 12.8. The van der Waals surface area contributed by atoms with E-state index >= 15 is 0 Å². The number of primary amides is 1. The number of amides is 2. The largest absolute Gasteiger partial charge is 0.494 e. The first-order valence-corrected chi connectivity index (χ1v) is 10.8. The van der Waals surface area contributed by atoms with Crippen molar-refractivity contribution in [2.75, 3.05) is 13.2 Å². The highest BCUT2D eigenvalue weighted by Gasteiger charge is 2.22. The summed E-state index contributed by atoms with van der Waals surface area (Å²) in [4.78, 5) is 23.1. The topological polar surface area (TPSA) is 128 Å². The smallest absolute Gasteiger partial charge is 0.248 e. The number of rotatable bonds is 11. The number of halogens is 1. The molecular weight excluding hydrogens is 413 g/mol. The first-order valence-electron chi connectivity index (χ1n) is 9.27. The Balaban J connectivity index is 1.71. The number of benzene rings is 2. The Kier molecular flexibility index (Phi) is 8.31. The molecule has 30 heavy (non-hydrogen) atoms. The molecule has 0 aliphatic carbocycles. The average molecular weight is 437 g/mol. The van der Waals surface area contributed by atoms with Gasteiger partial charge in [-0.05, 0) is 68.3 Å². The van der Waals surface area contributed by atoms with Crippen LogP contribution in [0.3, 0.4) is 0 Å². The van der Waals surface area contributed by atoms with Crippen molar-refractivity contribution in [2.24, 2.45) is 5.73 Å². The lowest BCUT2D eigenvalue weighted by Crippen LogP contribution is -2.45. The predicted molar refractivity (Wildman–Crippen MR) is 109 cm³/mol. The Morgan fingerprint density at radius 1 is 1.07 bits per heavy atom. The highest BCUT2D eigenvalue weighted by atomic mass is 32.2. The van der Waals surface area contributed by atoms with Crippen molar-refractivity contribution in [2.45, 2.75) is 30.7 Å². The molecule has 0 aliphatic heterocycles. The molecule has 0 fully saturated rings. The summed E-state index contributed by atoms with van der Waals surface area (Å²) in [5.74, 6) is -0.903. The number of hydrogen-bond donors (Lipinski definition) is 3. The molecule has 2 rings (SSSR count). The molecule has 0 saturated heterocycles. The molecule has 2 aromatic rings. The molecule has 0 unspecified atom stereocenters. The Labute approximate surface area is 174 Å². The van der Waals surface area contributed by atoms with Crippen LogP contribution in [0.2, 0.25) is 0 Å². The minimum atomic E-state index is -3.93. The highest BCUT2D eigenvalue weighted by Crippen LogP contribution is 2.12. The zero-order valence-corrected chi connectivity index (χ0v) is 17.2. The monoisotopic (exact) mass is 437 g/mol. The summed E-state index contributed by atoms with van der Waals surface area (Å²) >= 11 is 0. The standard InChI is InChI=1S/C20H24FN3O5S/c1-14(24-30(27,28)18-10-4-15(5-11-18)19(22)25)20(26)23-12-2-3-13-29-17-8-6-16(21)7-9-17/h4-11,14,24H,2-3,12-13H2,1H3,(H2,22,25)(H,23,26)/t14-/m0/s1. The molecule has 0 aliphatic rings. The molecule has 10 heteroatoms. The van der Waals surface area contributed by atoms with Gasteiger partial charge in [-0.3, -0.25) is 9.59 Å². The molecule has 2 aromatic carbocycles. The highest BCUT2D eigenvalue weighted by molar-refractivity contribution is 7.89. The van der Waals surface area contributed by atoms with Crippen LogP contribution in [0.15, 0.2) is 53.4 Å². The van der Waals surface area contributed by atoms with Crippen LogP contribution in [0.4, 0.5) is 4.39 Å². The van der Waals surface area contributed by atoms with E-state index in [0.29, 0.717) is 31.7 Å². The van der Waals surface area contributed by atoms with E-state index in [0.717, 1.165) is 0 Å². The summed E-state index contributed by atoms with van der Waals surface area (Å²) in [5.41, 5.74) is 5.31. The molecule has 0 saturated carbocycles. The van der Waals surface area contributed by atoms with Gasteiger partial charge in [0.25, 0.3) is 0 Å². The van der Waals surface area contributed by atoms with Crippen LogP contribution in [0, 0.1) is 5.82 Å². The lowest BCUT2D eigenvalue weighted by atomic mass is 10.2. The van der Waals surface area contributed by atoms with Gasteiger partial charge in [0, 0.05) is 12.1 Å². The van der Waals surface area contributed by atoms with E-state index in [-0.39, 0.29) is 16.3 Å². The van der Waals surface area contributed by atoms with E-state index in [1.807, 2.05) is 0 Å². The molecule has 2 amide bonds. The van der Waals surface area contributed by atoms with Crippen molar-refractivity contribution in [3.8, 4) is 5.75 Å². The Hall–Kier alpha value is -2.98. The van der Waals surface area contributed by atoms with Crippen LogP contribution in [-0.4, -0.2) is 39.4 Å². The van der Waals surface area contributed by atoms with Gasteiger partial charge in [-0.25, -0.2) is 12.8 Å². The fourth-order valence-electron chi connectivity index (χ4n) is 2.47. The summed E-state index contributed by atoms with van der Waals surface area (Å²) in [6, 6.07) is 9.79. The first kappa shape index (κ1) is 23.3. The summed E-state index contributed by atoms with van der Waals surface area (Å²) in [5, 5.41) is 2.65. The Morgan fingerprint density at radius 3 is 2.30 bits per heavy atom. The zero-order valence-electron chi connectivity index (χ0n) is 16.4. The number of hydrogen-bond acceptors (Lipinski definition) is 5. The van der Waals surface area contributed by atoms with Gasteiger partial charge in [0.1, 0.15) is 11.6 Å². The second-order valence-electron chi connectivity index (χ2n) is 6.53. The third-order valence-corrected chi connectivity index (χ3v) is 5.68. The van der Waals surface area contributed by atoms with Crippen molar-refractivity contribution in [3.05, 3.63) is 59.9 Å². The van der Waals surface area contributed by atoms with E-state index in [1.54, 1.807) is 0 Å². The van der Waals surface area contributed by atoms with Crippen LogP contribution in [-0.2, 0) is 14.8 Å². The van der Waals surface area contributed by atoms with E-state index in [1.165, 1.54) is 55.5 Å². The van der Waals surface area contributed by atoms with Gasteiger partial charge >= 0.3 is 0 Å². The van der Waals surface area contributed by atoms with Gasteiger partial charge in [-0.1, -0.05) is 0 Å². The molecule has 8 nitrogen and oxygen atoms in total. The SMILES string of the molecule is C[C@H](NS(=O)(=O)c1ccc(C(N)=O)cc1)C(=O)NCCCCOc1ccc(F)cc1. The van der Waals surface area contributed by atoms with E-state index < -0.39 is 27.9 Å². The number of carbonyl (C=O) groups excluding carboxylic acids is 2. The number of carbonyl (C=O) groups is 2.